The molecule has 2 aromatic heterocycles. The number of carbonyl (C=O) groups excluding carboxylic acids is 1. The van der Waals surface area contributed by atoms with Gasteiger partial charge < -0.3 is 4.90 Å². The molecule has 2 aromatic rings. The summed E-state index contributed by atoms with van der Waals surface area (Å²) in [5, 5.41) is 4.13. The molecule has 0 atom stereocenters. The largest absolute Gasteiger partial charge is 0.329 e. The number of aromatic nitrogens is 2. The number of nitrogens with zero attached hydrogens (tertiary/aromatic N) is 3. The van der Waals surface area contributed by atoms with Crippen LogP contribution in [0, 0.1) is 6.92 Å². The van der Waals surface area contributed by atoms with E-state index >= 15 is 0 Å². The normalized spacial score (nSPS) is 15.0. The highest BCUT2D eigenvalue weighted by molar-refractivity contribution is 7.11. The van der Waals surface area contributed by atoms with E-state index < -0.39 is 0 Å². The Balaban J connectivity index is 1.88. The fraction of sp³-hybridized carbons (Fsp3) is 0.471. The monoisotopic (exact) mass is 331 g/mol. The average Bonchev–Trinajstić information content (AvgIpc) is 3.18. The summed E-state index contributed by atoms with van der Waals surface area (Å²) in [4.78, 5) is 28.8. The van der Waals surface area contributed by atoms with Crippen LogP contribution < -0.4 is 5.56 Å². The van der Waals surface area contributed by atoms with Gasteiger partial charge in [-0.15, -0.1) is 11.3 Å². The number of hydrogen-bond acceptors (Lipinski definition) is 4. The van der Waals surface area contributed by atoms with Crippen LogP contribution in [0.3, 0.4) is 0 Å². The van der Waals surface area contributed by atoms with Crippen molar-refractivity contribution in [1.29, 1.82) is 0 Å². The quantitative estimate of drug-likeness (QED) is 0.865. The van der Waals surface area contributed by atoms with E-state index in [9.17, 15) is 9.59 Å². The molecular weight excluding hydrogens is 310 g/mol. The summed E-state index contributed by atoms with van der Waals surface area (Å²) in [6.07, 6.45) is 4.42. The maximum absolute atomic E-state index is 13.0. The number of aryl methyl sites for hydroxylation is 2. The first kappa shape index (κ1) is 15.9. The van der Waals surface area contributed by atoms with Crippen molar-refractivity contribution < 1.29 is 4.79 Å². The van der Waals surface area contributed by atoms with E-state index in [1.54, 1.807) is 18.4 Å². The second-order valence-electron chi connectivity index (χ2n) is 6.06. The number of amides is 1. The Hall–Kier alpha value is -1.95. The molecule has 0 radical (unpaired) electrons. The molecule has 3 rings (SSSR count). The minimum absolute atomic E-state index is 0.0847. The Kier molecular flexibility index (Phi) is 4.61. The lowest BCUT2D eigenvalue weighted by Crippen LogP contribution is -2.39. The van der Waals surface area contributed by atoms with Crippen molar-refractivity contribution in [1.82, 2.24) is 14.7 Å². The molecule has 0 aromatic carbocycles. The number of thiophene rings is 1. The first-order valence-corrected chi connectivity index (χ1v) is 8.77. The molecule has 0 bridgehead atoms. The van der Waals surface area contributed by atoms with Gasteiger partial charge in [0, 0.05) is 28.9 Å². The molecule has 1 fully saturated rings. The van der Waals surface area contributed by atoms with Crippen LogP contribution >= 0.6 is 11.3 Å². The van der Waals surface area contributed by atoms with E-state index in [2.05, 4.69) is 24.2 Å². The highest BCUT2D eigenvalue weighted by Gasteiger charge is 2.28. The van der Waals surface area contributed by atoms with Crippen molar-refractivity contribution in [3.63, 3.8) is 0 Å². The van der Waals surface area contributed by atoms with Crippen LogP contribution in [0.15, 0.2) is 29.1 Å². The Labute approximate surface area is 139 Å². The molecule has 0 N–H and O–H groups in total. The lowest BCUT2D eigenvalue weighted by atomic mass is 10.2. The zero-order chi connectivity index (χ0) is 16.4. The summed E-state index contributed by atoms with van der Waals surface area (Å²) in [5.74, 6) is -0.0847. The molecule has 5 nitrogen and oxygen atoms in total. The summed E-state index contributed by atoms with van der Waals surface area (Å²) in [6.45, 7) is 2.69. The standard InChI is InChI=1S/C17H21N3O2S/c1-12-7-8-14(23-12)11-20(13-5-3-4-6-13)17(22)15-9-10-16(21)19(2)18-15/h7-10,13H,3-6,11H2,1-2H3. The maximum Gasteiger partial charge on any atom is 0.274 e. The van der Waals surface area contributed by atoms with E-state index in [4.69, 9.17) is 0 Å². The molecule has 0 saturated heterocycles. The van der Waals surface area contributed by atoms with Gasteiger partial charge in [0.05, 0.1) is 6.54 Å². The smallest absolute Gasteiger partial charge is 0.274 e. The predicted octanol–water partition coefficient (Wildman–Crippen LogP) is 2.74. The van der Waals surface area contributed by atoms with E-state index in [1.807, 2.05) is 4.90 Å². The van der Waals surface area contributed by atoms with Crippen molar-refractivity contribution in [2.75, 3.05) is 0 Å². The zero-order valence-corrected chi connectivity index (χ0v) is 14.3. The number of hydrogen-bond donors (Lipinski definition) is 0. The van der Waals surface area contributed by atoms with Crippen LogP contribution in [0.4, 0.5) is 0 Å². The predicted molar refractivity (Wildman–Crippen MR) is 90.7 cm³/mol. The first-order chi connectivity index (χ1) is 11.0. The van der Waals surface area contributed by atoms with Gasteiger partial charge >= 0.3 is 0 Å². The summed E-state index contributed by atoms with van der Waals surface area (Å²) in [6, 6.07) is 7.38. The summed E-state index contributed by atoms with van der Waals surface area (Å²) >= 11 is 1.72. The lowest BCUT2D eigenvalue weighted by molar-refractivity contribution is 0.0658. The zero-order valence-electron chi connectivity index (χ0n) is 13.5. The average molecular weight is 331 g/mol. The SMILES string of the molecule is Cc1ccc(CN(C(=O)c2ccc(=O)n(C)n2)C2CCCC2)s1. The Morgan fingerprint density at radius 1 is 1.30 bits per heavy atom. The molecule has 6 heteroatoms. The molecule has 1 aliphatic rings. The van der Waals surface area contributed by atoms with Gasteiger partial charge in [-0.05, 0) is 38.0 Å². The Morgan fingerprint density at radius 3 is 2.65 bits per heavy atom. The summed E-state index contributed by atoms with van der Waals surface area (Å²) < 4.78 is 1.22. The van der Waals surface area contributed by atoms with Gasteiger partial charge in [0.25, 0.3) is 11.5 Å². The molecule has 1 amide bonds. The van der Waals surface area contributed by atoms with Gasteiger partial charge in [-0.2, -0.15) is 5.10 Å². The van der Waals surface area contributed by atoms with E-state index in [0.717, 1.165) is 12.8 Å². The van der Waals surface area contributed by atoms with Crippen molar-refractivity contribution >= 4 is 17.2 Å². The summed E-state index contributed by atoms with van der Waals surface area (Å²) in [7, 11) is 1.57. The third-order valence-corrected chi connectivity index (χ3v) is 5.31. The molecular formula is C17H21N3O2S. The van der Waals surface area contributed by atoms with Crippen molar-refractivity contribution in [2.24, 2.45) is 7.05 Å². The van der Waals surface area contributed by atoms with E-state index in [-0.39, 0.29) is 17.5 Å². The fourth-order valence-electron chi connectivity index (χ4n) is 3.08. The Bertz CT molecular complexity index is 759. The highest BCUT2D eigenvalue weighted by Crippen LogP contribution is 2.27. The Morgan fingerprint density at radius 2 is 2.04 bits per heavy atom. The molecule has 0 unspecified atom stereocenters. The van der Waals surface area contributed by atoms with E-state index in [0.29, 0.717) is 12.2 Å². The number of rotatable bonds is 4. The van der Waals surface area contributed by atoms with Crippen molar-refractivity contribution in [3.05, 3.63) is 50.1 Å². The van der Waals surface area contributed by atoms with Crippen molar-refractivity contribution in [2.45, 2.75) is 45.2 Å². The van der Waals surface area contributed by atoms with Crippen LogP contribution in [0.5, 0.6) is 0 Å². The highest BCUT2D eigenvalue weighted by atomic mass is 32.1. The molecule has 122 valence electrons. The molecule has 1 aliphatic carbocycles. The van der Waals surface area contributed by atoms with Crippen LogP contribution in [0.2, 0.25) is 0 Å². The van der Waals surface area contributed by atoms with Crippen LogP contribution in [-0.4, -0.2) is 26.6 Å². The molecule has 23 heavy (non-hydrogen) atoms. The van der Waals surface area contributed by atoms with Crippen LogP contribution in [0.1, 0.15) is 45.9 Å². The van der Waals surface area contributed by atoms with Crippen molar-refractivity contribution in [3.8, 4) is 0 Å². The second kappa shape index (κ2) is 6.66. The second-order valence-corrected chi connectivity index (χ2v) is 7.44. The van der Waals surface area contributed by atoms with Gasteiger partial charge in [0.15, 0.2) is 0 Å². The van der Waals surface area contributed by atoms with Gasteiger partial charge in [0.1, 0.15) is 5.69 Å². The summed E-state index contributed by atoms with van der Waals surface area (Å²) in [5.41, 5.74) is 0.134. The number of carbonyl (C=O) groups is 1. The topological polar surface area (TPSA) is 55.2 Å². The minimum Gasteiger partial charge on any atom is -0.329 e. The lowest BCUT2D eigenvalue weighted by Gasteiger charge is -2.28. The fourth-order valence-corrected chi connectivity index (χ4v) is 3.97. The minimum atomic E-state index is -0.206. The third kappa shape index (κ3) is 3.52. The molecule has 2 heterocycles. The molecule has 0 aliphatic heterocycles. The van der Waals surface area contributed by atoms with Gasteiger partial charge in [0.2, 0.25) is 0 Å². The van der Waals surface area contributed by atoms with Gasteiger partial charge in [-0.1, -0.05) is 12.8 Å². The van der Waals surface area contributed by atoms with Crippen LogP contribution in [-0.2, 0) is 13.6 Å². The molecule has 1 saturated carbocycles. The van der Waals surface area contributed by atoms with E-state index in [1.165, 1.54) is 39.4 Å². The molecule has 0 spiro atoms. The van der Waals surface area contributed by atoms with Crippen LogP contribution in [0.25, 0.3) is 0 Å². The third-order valence-electron chi connectivity index (χ3n) is 4.33. The first-order valence-electron chi connectivity index (χ1n) is 7.95. The van der Waals surface area contributed by atoms with Gasteiger partial charge in [-0.3, -0.25) is 9.59 Å². The maximum atomic E-state index is 13.0. The van der Waals surface area contributed by atoms with Gasteiger partial charge in [-0.25, -0.2) is 4.68 Å².